The number of rotatable bonds is 6. The number of para-hydroxylation sites is 2. The topological polar surface area (TPSA) is 18.5 Å². The van der Waals surface area contributed by atoms with Gasteiger partial charge < -0.3 is 9.47 Å². The van der Waals surface area contributed by atoms with Crippen molar-refractivity contribution < 1.29 is 35.8 Å². The van der Waals surface area contributed by atoms with Crippen LogP contribution in [0.3, 0.4) is 0 Å². The van der Waals surface area contributed by atoms with Crippen LogP contribution in [0.5, 0.6) is 23.0 Å². The summed E-state index contributed by atoms with van der Waals surface area (Å²) in [6.07, 6.45) is -9.48. The number of benzene rings is 5. The molecule has 0 heterocycles. The molecular weight excluding hydrogens is 530 g/mol. The fourth-order valence-electron chi connectivity index (χ4n) is 4.25. The molecule has 0 aliphatic heterocycles. The lowest BCUT2D eigenvalue weighted by atomic mass is 9.93. The van der Waals surface area contributed by atoms with Crippen LogP contribution >= 0.6 is 0 Å². The van der Waals surface area contributed by atoms with Gasteiger partial charge in [-0.1, -0.05) is 66.7 Å². The molecule has 0 N–H and O–H groups in total. The minimum Gasteiger partial charge on any atom is -0.457 e. The summed E-state index contributed by atoms with van der Waals surface area (Å²) in [7, 11) is 0. The number of alkyl halides is 6. The van der Waals surface area contributed by atoms with E-state index in [-0.39, 0.29) is 33.8 Å². The monoisotopic (exact) mass is 550 g/mol. The molecule has 0 radical (unpaired) electrons. The van der Waals surface area contributed by atoms with Gasteiger partial charge in [0.05, 0.1) is 11.1 Å². The number of ether oxygens (including phenoxy) is 2. The van der Waals surface area contributed by atoms with E-state index >= 15 is 0 Å². The van der Waals surface area contributed by atoms with Crippen LogP contribution in [0.4, 0.5) is 26.3 Å². The van der Waals surface area contributed by atoms with Crippen LogP contribution in [-0.2, 0) is 12.4 Å². The van der Waals surface area contributed by atoms with Crippen molar-refractivity contribution in [1.82, 2.24) is 0 Å². The Labute approximate surface area is 226 Å². The Balaban J connectivity index is 1.54. The van der Waals surface area contributed by atoms with E-state index in [2.05, 4.69) is 0 Å². The van der Waals surface area contributed by atoms with Gasteiger partial charge in [-0.05, 0) is 76.9 Å². The fraction of sp³-hybridized carbons (Fsp3) is 0.0625. The van der Waals surface area contributed by atoms with Crippen molar-refractivity contribution in [3.63, 3.8) is 0 Å². The highest BCUT2D eigenvalue weighted by Crippen LogP contribution is 2.43. The van der Waals surface area contributed by atoms with Gasteiger partial charge in [0.2, 0.25) is 0 Å². The van der Waals surface area contributed by atoms with Crippen molar-refractivity contribution in [2.75, 3.05) is 0 Å². The van der Waals surface area contributed by atoms with Gasteiger partial charge in [0.1, 0.15) is 23.0 Å². The zero-order chi connectivity index (χ0) is 28.3. The van der Waals surface area contributed by atoms with Crippen LogP contribution < -0.4 is 9.47 Å². The zero-order valence-corrected chi connectivity index (χ0v) is 20.6. The Morgan fingerprint density at radius 1 is 0.375 bits per heavy atom. The molecule has 0 atom stereocenters. The average molecular weight is 550 g/mol. The lowest BCUT2D eigenvalue weighted by Crippen LogP contribution is -2.08. The second-order valence-corrected chi connectivity index (χ2v) is 8.82. The molecule has 2 nitrogen and oxygen atoms in total. The number of hydrogen-bond donors (Lipinski definition) is 0. The normalized spacial score (nSPS) is 11.8. The molecule has 40 heavy (non-hydrogen) atoms. The zero-order valence-electron chi connectivity index (χ0n) is 20.6. The first kappa shape index (κ1) is 26.9. The Kier molecular flexibility index (Phi) is 7.26. The standard InChI is InChI=1S/C32H20F6O2/c33-31(34,35)29-19-25(39-23-10-3-1-4-11-23)14-16-27(29)21-8-7-9-22(18-21)28-17-15-26(20-30(28)32(36,37)38)40-24-12-5-2-6-13-24/h1-20H. The highest BCUT2D eigenvalue weighted by atomic mass is 19.4. The lowest BCUT2D eigenvalue weighted by molar-refractivity contribution is -0.138. The van der Waals surface area contributed by atoms with Gasteiger partial charge >= 0.3 is 12.4 Å². The molecule has 0 aliphatic carbocycles. The summed E-state index contributed by atoms with van der Waals surface area (Å²) in [5.41, 5.74) is -2.11. The Morgan fingerprint density at radius 2 is 0.775 bits per heavy atom. The van der Waals surface area contributed by atoms with Gasteiger partial charge in [0.15, 0.2) is 0 Å². The molecule has 0 fully saturated rings. The van der Waals surface area contributed by atoms with Crippen molar-refractivity contribution in [1.29, 1.82) is 0 Å². The third-order valence-corrected chi connectivity index (χ3v) is 6.04. The van der Waals surface area contributed by atoms with Gasteiger partial charge in [0, 0.05) is 0 Å². The molecule has 5 aromatic carbocycles. The highest BCUT2D eigenvalue weighted by molar-refractivity contribution is 5.77. The molecular formula is C32H20F6O2. The van der Waals surface area contributed by atoms with Crippen molar-refractivity contribution in [3.8, 4) is 45.3 Å². The molecule has 0 saturated carbocycles. The predicted octanol–water partition coefficient (Wildman–Crippen LogP) is 10.6. The molecule has 202 valence electrons. The first-order valence-electron chi connectivity index (χ1n) is 12.1. The van der Waals surface area contributed by atoms with E-state index in [1.807, 2.05) is 0 Å². The van der Waals surface area contributed by atoms with Crippen LogP contribution in [0.25, 0.3) is 22.3 Å². The van der Waals surface area contributed by atoms with Gasteiger partial charge in [-0.2, -0.15) is 26.3 Å². The van der Waals surface area contributed by atoms with Crippen LogP contribution in [0.15, 0.2) is 121 Å². The fourth-order valence-corrected chi connectivity index (χ4v) is 4.25. The first-order valence-corrected chi connectivity index (χ1v) is 12.1. The van der Waals surface area contributed by atoms with E-state index in [0.717, 1.165) is 12.1 Å². The molecule has 0 aromatic heterocycles. The summed E-state index contributed by atoms with van der Waals surface area (Å²) in [6.45, 7) is 0. The molecule has 5 aromatic rings. The third kappa shape index (κ3) is 6.12. The second-order valence-electron chi connectivity index (χ2n) is 8.82. The molecule has 5 rings (SSSR count). The van der Waals surface area contributed by atoms with Crippen LogP contribution in [0.1, 0.15) is 11.1 Å². The number of hydrogen-bond acceptors (Lipinski definition) is 2. The van der Waals surface area contributed by atoms with Crippen molar-refractivity contribution in [2.24, 2.45) is 0 Å². The van der Waals surface area contributed by atoms with Crippen LogP contribution in [-0.4, -0.2) is 0 Å². The number of halogens is 6. The summed E-state index contributed by atoms with van der Waals surface area (Å²) in [5.74, 6) is 0.688. The smallest absolute Gasteiger partial charge is 0.417 e. The average Bonchev–Trinajstić information content (AvgIpc) is 2.93. The molecule has 0 spiro atoms. The third-order valence-electron chi connectivity index (χ3n) is 6.04. The van der Waals surface area contributed by atoms with Gasteiger partial charge in [-0.25, -0.2) is 0 Å². The van der Waals surface area contributed by atoms with E-state index in [1.54, 1.807) is 60.7 Å². The van der Waals surface area contributed by atoms with Crippen LogP contribution in [0.2, 0.25) is 0 Å². The van der Waals surface area contributed by atoms with Crippen molar-refractivity contribution in [3.05, 3.63) is 132 Å². The van der Waals surface area contributed by atoms with E-state index in [1.165, 1.54) is 48.5 Å². The highest BCUT2D eigenvalue weighted by Gasteiger charge is 2.36. The minimum atomic E-state index is -4.74. The molecule has 0 bridgehead atoms. The molecule has 0 amide bonds. The van der Waals surface area contributed by atoms with Crippen molar-refractivity contribution in [2.45, 2.75) is 12.4 Å². The summed E-state index contributed by atoms with van der Waals surface area (Å²) in [4.78, 5) is 0. The Hall–Kier alpha value is -4.72. The maximum atomic E-state index is 14.1. The second kappa shape index (κ2) is 10.8. The quantitative estimate of drug-likeness (QED) is 0.196. The summed E-state index contributed by atoms with van der Waals surface area (Å²) >= 11 is 0. The van der Waals surface area contributed by atoms with Crippen molar-refractivity contribution >= 4 is 0 Å². The van der Waals surface area contributed by atoms with E-state index in [9.17, 15) is 26.3 Å². The van der Waals surface area contributed by atoms with Crippen LogP contribution in [0, 0.1) is 0 Å². The molecule has 0 saturated heterocycles. The summed E-state index contributed by atoms with van der Waals surface area (Å²) in [6, 6.07) is 29.3. The minimum absolute atomic E-state index is 0.0215. The lowest BCUT2D eigenvalue weighted by Gasteiger charge is -2.18. The largest absolute Gasteiger partial charge is 0.457 e. The maximum absolute atomic E-state index is 14.1. The molecule has 0 unspecified atom stereocenters. The summed E-state index contributed by atoms with van der Waals surface area (Å²) < 4.78 is 95.7. The maximum Gasteiger partial charge on any atom is 0.417 e. The van der Waals surface area contributed by atoms with E-state index < -0.39 is 23.5 Å². The SMILES string of the molecule is FC(F)(F)c1cc(Oc2ccccc2)ccc1-c1cccc(-c2ccc(Oc3ccccc3)cc2C(F)(F)F)c1. The van der Waals surface area contributed by atoms with Gasteiger partial charge in [-0.15, -0.1) is 0 Å². The Bertz CT molecular complexity index is 1490. The van der Waals surface area contributed by atoms with E-state index in [4.69, 9.17) is 9.47 Å². The molecule has 0 aliphatic rings. The predicted molar refractivity (Wildman–Crippen MR) is 140 cm³/mol. The van der Waals surface area contributed by atoms with Gasteiger partial charge in [0.25, 0.3) is 0 Å². The van der Waals surface area contributed by atoms with E-state index in [0.29, 0.717) is 11.5 Å². The first-order chi connectivity index (χ1) is 19.1. The summed E-state index contributed by atoms with van der Waals surface area (Å²) in [5, 5.41) is 0. The Morgan fingerprint density at radius 3 is 1.15 bits per heavy atom. The van der Waals surface area contributed by atoms with Gasteiger partial charge in [-0.3, -0.25) is 0 Å². The molecule has 8 heteroatoms.